The number of hydrogen-bond acceptors (Lipinski definition) is 3. The summed E-state index contributed by atoms with van der Waals surface area (Å²) in [7, 11) is 4.17. The molecule has 0 saturated carbocycles. The van der Waals surface area contributed by atoms with Crippen LogP contribution in [0.4, 0.5) is 0 Å². The summed E-state index contributed by atoms with van der Waals surface area (Å²) in [5.41, 5.74) is 2.01. The summed E-state index contributed by atoms with van der Waals surface area (Å²) >= 11 is 6.07. The molecule has 0 spiro atoms. The molecular formula is C16H24ClN3O. The van der Waals surface area contributed by atoms with E-state index in [0.29, 0.717) is 5.88 Å². The van der Waals surface area contributed by atoms with Crippen molar-refractivity contribution >= 4 is 22.6 Å². The first-order valence-corrected chi connectivity index (χ1v) is 7.92. The number of fused-ring (bicyclic) bond motifs is 1. The number of nitrogens with zero attached hydrogens (tertiary/aromatic N) is 3. The van der Waals surface area contributed by atoms with Gasteiger partial charge in [0.1, 0.15) is 17.1 Å². The molecule has 0 N–H and O–H groups in total. The number of aromatic nitrogens is 2. The Morgan fingerprint density at radius 3 is 2.71 bits per heavy atom. The molecule has 4 nitrogen and oxygen atoms in total. The maximum Gasteiger partial charge on any atom is 0.147 e. The number of hydrogen-bond donors (Lipinski definition) is 0. The van der Waals surface area contributed by atoms with Crippen LogP contribution in [0.1, 0.15) is 26.1 Å². The highest BCUT2D eigenvalue weighted by atomic mass is 35.5. The summed E-state index contributed by atoms with van der Waals surface area (Å²) in [6.45, 7) is 6.01. The number of rotatable bonds is 7. The van der Waals surface area contributed by atoms with Crippen molar-refractivity contribution in [2.45, 2.75) is 38.8 Å². The highest BCUT2D eigenvalue weighted by molar-refractivity contribution is 6.16. The van der Waals surface area contributed by atoms with Crippen molar-refractivity contribution in [1.29, 1.82) is 0 Å². The van der Waals surface area contributed by atoms with Gasteiger partial charge < -0.3 is 14.2 Å². The van der Waals surface area contributed by atoms with Gasteiger partial charge in [-0.1, -0.05) is 6.07 Å². The molecule has 0 atom stereocenters. The van der Waals surface area contributed by atoms with Gasteiger partial charge in [-0.2, -0.15) is 0 Å². The molecule has 0 unspecified atom stereocenters. The summed E-state index contributed by atoms with van der Waals surface area (Å²) < 4.78 is 8.06. The Morgan fingerprint density at radius 1 is 1.33 bits per heavy atom. The monoisotopic (exact) mass is 309 g/mol. The van der Waals surface area contributed by atoms with E-state index in [1.165, 1.54) is 0 Å². The number of aryl methyl sites for hydroxylation is 1. The van der Waals surface area contributed by atoms with Gasteiger partial charge >= 0.3 is 0 Å². The van der Waals surface area contributed by atoms with Gasteiger partial charge in [0.15, 0.2) is 0 Å². The molecule has 0 aliphatic rings. The van der Waals surface area contributed by atoms with Gasteiger partial charge in [0.25, 0.3) is 0 Å². The summed E-state index contributed by atoms with van der Waals surface area (Å²) in [6, 6.07) is 6.07. The van der Waals surface area contributed by atoms with Gasteiger partial charge in [0.05, 0.1) is 17.5 Å². The zero-order chi connectivity index (χ0) is 15.4. The summed E-state index contributed by atoms with van der Waals surface area (Å²) in [6.07, 6.45) is 1.20. The lowest BCUT2D eigenvalue weighted by Gasteiger charge is -2.12. The second-order valence-corrected chi connectivity index (χ2v) is 6.03. The Hall–Kier alpha value is -1.26. The van der Waals surface area contributed by atoms with Crippen LogP contribution in [0.5, 0.6) is 5.75 Å². The molecule has 21 heavy (non-hydrogen) atoms. The van der Waals surface area contributed by atoms with Gasteiger partial charge in [-0.3, -0.25) is 0 Å². The van der Waals surface area contributed by atoms with E-state index in [9.17, 15) is 0 Å². The van der Waals surface area contributed by atoms with E-state index in [2.05, 4.69) is 34.6 Å². The normalized spacial score (nSPS) is 11.8. The topological polar surface area (TPSA) is 30.3 Å². The second kappa shape index (κ2) is 7.14. The SMILES string of the molecule is CC(C)Oc1cccc2c1nc(CCl)n2CCCN(C)C. The predicted molar refractivity (Wildman–Crippen MR) is 88.2 cm³/mol. The van der Waals surface area contributed by atoms with Gasteiger partial charge in [0.2, 0.25) is 0 Å². The minimum Gasteiger partial charge on any atom is -0.489 e. The third-order valence-corrected chi connectivity index (χ3v) is 3.53. The lowest BCUT2D eigenvalue weighted by atomic mass is 10.2. The van der Waals surface area contributed by atoms with E-state index in [1.807, 2.05) is 26.0 Å². The molecule has 0 fully saturated rings. The smallest absolute Gasteiger partial charge is 0.147 e. The van der Waals surface area contributed by atoms with Crippen LogP contribution in [0.3, 0.4) is 0 Å². The minimum absolute atomic E-state index is 0.133. The number of alkyl halides is 1. The third kappa shape index (κ3) is 3.89. The van der Waals surface area contributed by atoms with Crippen molar-refractivity contribution in [2.75, 3.05) is 20.6 Å². The Labute approximate surface area is 131 Å². The number of ether oxygens (including phenoxy) is 1. The second-order valence-electron chi connectivity index (χ2n) is 5.76. The van der Waals surface area contributed by atoms with Crippen molar-refractivity contribution in [3.8, 4) is 5.75 Å². The zero-order valence-electron chi connectivity index (χ0n) is 13.3. The first-order valence-electron chi connectivity index (χ1n) is 7.38. The molecule has 116 valence electrons. The van der Waals surface area contributed by atoms with Crippen LogP contribution in [-0.2, 0) is 12.4 Å². The molecular weight excluding hydrogens is 286 g/mol. The molecule has 0 bridgehead atoms. The van der Waals surface area contributed by atoms with Gasteiger partial charge in [-0.15, -0.1) is 11.6 Å². The van der Waals surface area contributed by atoms with Gasteiger partial charge in [0, 0.05) is 6.54 Å². The van der Waals surface area contributed by atoms with Crippen LogP contribution in [-0.4, -0.2) is 41.2 Å². The lowest BCUT2D eigenvalue weighted by molar-refractivity contribution is 0.245. The fraction of sp³-hybridized carbons (Fsp3) is 0.562. The molecule has 0 aliphatic heterocycles. The maximum atomic E-state index is 6.07. The molecule has 0 aliphatic carbocycles. The van der Waals surface area contributed by atoms with Crippen LogP contribution in [0.2, 0.25) is 0 Å². The Kier molecular flexibility index (Phi) is 5.48. The number of benzene rings is 1. The highest BCUT2D eigenvalue weighted by Gasteiger charge is 2.14. The molecule has 0 radical (unpaired) electrons. The Bertz CT molecular complexity index is 592. The van der Waals surface area contributed by atoms with Gasteiger partial charge in [-0.25, -0.2) is 4.98 Å². The van der Waals surface area contributed by atoms with E-state index in [1.54, 1.807) is 0 Å². The first-order chi connectivity index (χ1) is 10.0. The lowest BCUT2D eigenvalue weighted by Crippen LogP contribution is -2.15. The van der Waals surface area contributed by atoms with E-state index >= 15 is 0 Å². The van der Waals surface area contributed by atoms with E-state index in [-0.39, 0.29) is 6.10 Å². The number of para-hydroxylation sites is 1. The van der Waals surface area contributed by atoms with E-state index in [4.69, 9.17) is 16.3 Å². The maximum absolute atomic E-state index is 6.07. The highest BCUT2D eigenvalue weighted by Crippen LogP contribution is 2.27. The third-order valence-electron chi connectivity index (χ3n) is 3.29. The number of halogens is 1. The first kappa shape index (κ1) is 16.1. The Morgan fingerprint density at radius 2 is 2.10 bits per heavy atom. The van der Waals surface area contributed by atoms with Crippen LogP contribution >= 0.6 is 11.6 Å². The average molecular weight is 310 g/mol. The molecule has 1 aromatic carbocycles. The largest absolute Gasteiger partial charge is 0.489 e. The fourth-order valence-electron chi connectivity index (χ4n) is 2.41. The standard InChI is InChI=1S/C16H24ClN3O/c1-12(2)21-14-8-5-7-13-16(14)18-15(11-17)20(13)10-6-9-19(3)4/h5,7-8,12H,6,9-11H2,1-4H3. The quantitative estimate of drug-likeness (QED) is 0.733. The molecule has 5 heteroatoms. The van der Waals surface area contributed by atoms with Crippen LogP contribution in [0, 0.1) is 0 Å². The average Bonchev–Trinajstić information content (AvgIpc) is 2.77. The number of imidazole rings is 1. The molecule has 2 aromatic rings. The van der Waals surface area contributed by atoms with Crippen molar-refractivity contribution in [3.05, 3.63) is 24.0 Å². The molecule has 0 amide bonds. The fourth-order valence-corrected chi connectivity index (χ4v) is 2.62. The van der Waals surface area contributed by atoms with Gasteiger partial charge in [-0.05, 0) is 53.0 Å². The van der Waals surface area contributed by atoms with Crippen molar-refractivity contribution in [3.63, 3.8) is 0 Å². The predicted octanol–water partition coefficient (Wildman–Crippen LogP) is 3.51. The molecule has 2 rings (SSSR count). The van der Waals surface area contributed by atoms with Crippen LogP contribution in [0.25, 0.3) is 11.0 Å². The van der Waals surface area contributed by atoms with E-state index in [0.717, 1.165) is 42.1 Å². The Balaban J connectivity index is 2.35. The van der Waals surface area contributed by atoms with E-state index < -0.39 is 0 Å². The summed E-state index contributed by atoms with van der Waals surface area (Å²) in [4.78, 5) is 6.86. The molecule has 1 aromatic heterocycles. The van der Waals surface area contributed by atoms with Crippen molar-refractivity contribution < 1.29 is 4.74 Å². The van der Waals surface area contributed by atoms with Crippen LogP contribution in [0.15, 0.2) is 18.2 Å². The molecule has 0 saturated heterocycles. The van der Waals surface area contributed by atoms with Crippen molar-refractivity contribution in [1.82, 2.24) is 14.5 Å². The zero-order valence-corrected chi connectivity index (χ0v) is 14.0. The minimum atomic E-state index is 0.133. The summed E-state index contributed by atoms with van der Waals surface area (Å²) in [5.74, 6) is 2.16. The van der Waals surface area contributed by atoms with Crippen molar-refractivity contribution in [2.24, 2.45) is 0 Å². The van der Waals surface area contributed by atoms with Crippen LogP contribution < -0.4 is 4.74 Å². The summed E-state index contributed by atoms with van der Waals surface area (Å²) in [5, 5.41) is 0. The molecule has 1 heterocycles.